The van der Waals surface area contributed by atoms with E-state index in [0.717, 1.165) is 11.3 Å². The van der Waals surface area contributed by atoms with Crippen molar-refractivity contribution >= 4 is 5.69 Å². The third-order valence-corrected chi connectivity index (χ3v) is 5.36. The molecule has 1 aliphatic heterocycles. The number of nitrogens with one attached hydrogen (secondary N) is 1. The molecule has 5 heteroatoms. The first kappa shape index (κ1) is 14.8. The third-order valence-electron chi connectivity index (χ3n) is 5.36. The Kier molecular flexibility index (Phi) is 4.42. The second kappa shape index (κ2) is 6.30. The largest absolute Gasteiger partial charge is 0.398 e. The van der Waals surface area contributed by atoms with Gasteiger partial charge in [-0.15, -0.1) is 0 Å². The smallest absolute Gasteiger partial charge is 0.0679 e. The number of nitrogen functional groups attached to an aromatic ring is 1. The molecule has 2 aliphatic rings. The summed E-state index contributed by atoms with van der Waals surface area (Å²) in [4.78, 5) is 6.94. The number of piperidine rings is 1. The topological polar surface area (TPSA) is 80.2 Å². The molecule has 0 radical (unpaired) electrons. The molecule has 116 valence electrons. The van der Waals surface area contributed by atoms with Gasteiger partial charge in [0.15, 0.2) is 0 Å². The zero-order valence-corrected chi connectivity index (χ0v) is 12.7. The molecule has 0 amide bonds. The van der Waals surface area contributed by atoms with Crippen LogP contribution in [0.3, 0.4) is 0 Å². The van der Waals surface area contributed by atoms with Crippen molar-refractivity contribution in [2.45, 2.75) is 56.5 Å². The third kappa shape index (κ3) is 2.65. The van der Waals surface area contributed by atoms with Crippen molar-refractivity contribution in [1.29, 1.82) is 0 Å². The maximum atomic E-state index is 6.20. The Morgan fingerprint density at radius 2 is 1.86 bits per heavy atom. The van der Waals surface area contributed by atoms with Gasteiger partial charge in [0.1, 0.15) is 0 Å². The highest BCUT2D eigenvalue weighted by Crippen LogP contribution is 2.46. The second-order valence-electron chi connectivity index (χ2n) is 6.46. The molecule has 0 spiro atoms. The normalized spacial score (nSPS) is 24.0. The van der Waals surface area contributed by atoms with Gasteiger partial charge in [-0.3, -0.25) is 21.2 Å². The van der Waals surface area contributed by atoms with Crippen molar-refractivity contribution in [3.63, 3.8) is 0 Å². The summed E-state index contributed by atoms with van der Waals surface area (Å²) in [5.41, 5.74) is 11.2. The van der Waals surface area contributed by atoms with Crippen molar-refractivity contribution in [2.24, 2.45) is 5.84 Å². The summed E-state index contributed by atoms with van der Waals surface area (Å²) in [5.74, 6) is 5.99. The maximum Gasteiger partial charge on any atom is 0.0679 e. The summed E-state index contributed by atoms with van der Waals surface area (Å²) in [6, 6.07) is 1.94. The highest BCUT2D eigenvalue weighted by Gasteiger charge is 2.47. The van der Waals surface area contributed by atoms with Crippen LogP contribution in [0.1, 0.15) is 56.6 Å². The molecule has 1 unspecified atom stereocenters. The Labute approximate surface area is 127 Å². The number of hydrogen-bond donors (Lipinski definition) is 3. The monoisotopic (exact) mass is 289 g/mol. The lowest BCUT2D eigenvalue weighted by molar-refractivity contribution is 0.0361. The number of hydrogen-bond acceptors (Lipinski definition) is 5. The lowest BCUT2D eigenvalue weighted by atomic mass is 9.81. The van der Waals surface area contributed by atoms with E-state index in [0.29, 0.717) is 0 Å². The minimum Gasteiger partial charge on any atom is -0.398 e. The van der Waals surface area contributed by atoms with Crippen LogP contribution in [0.2, 0.25) is 0 Å². The van der Waals surface area contributed by atoms with Crippen molar-refractivity contribution in [2.75, 3.05) is 18.8 Å². The summed E-state index contributed by atoms with van der Waals surface area (Å²) in [5, 5.41) is 0. The van der Waals surface area contributed by atoms with Crippen LogP contribution in [-0.4, -0.2) is 28.5 Å². The molecule has 2 fully saturated rings. The predicted octanol–water partition coefficient (Wildman–Crippen LogP) is 1.97. The van der Waals surface area contributed by atoms with Gasteiger partial charge >= 0.3 is 0 Å². The molecule has 0 aromatic carbocycles. The van der Waals surface area contributed by atoms with E-state index < -0.39 is 0 Å². The minimum atomic E-state index is 0.0619. The summed E-state index contributed by atoms with van der Waals surface area (Å²) in [6.45, 7) is 2.36. The fraction of sp³-hybridized carbons (Fsp3) is 0.688. The standard InChI is InChI=1S/C16H27N5/c17-14-6-9-19-12-13(14)15(20-18)16(7-2-3-8-16)21-10-4-1-5-11-21/h6,9,12,15,20H,1-5,7-8,10-11,18H2,(H2,17,19). The van der Waals surface area contributed by atoms with Crippen LogP contribution in [-0.2, 0) is 0 Å². The van der Waals surface area contributed by atoms with E-state index >= 15 is 0 Å². The maximum absolute atomic E-state index is 6.20. The molecule has 1 saturated heterocycles. The Morgan fingerprint density at radius 1 is 1.14 bits per heavy atom. The van der Waals surface area contributed by atoms with E-state index in [1.807, 2.05) is 12.3 Å². The summed E-state index contributed by atoms with van der Waals surface area (Å²) < 4.78 is 0. The second-order valence-corrected chi connectivity index (χ2v) is 6.46. The molecule has 0 bridgehead atoms. The molecule has 1 aromatic heterocycles. The highest BCUT2D eigenvalue weighted by molar-refractivity contribution is 5.47. The van der Waals surface area contributed by atoms with E-state index in [1.54, 1.807) is 6.20 Å². The molecular formula is C16H27N5. The van der Waals surface area contributed by atoms with Crippen LogP contribution in [0, 0.1) is 0 Å². The van der Waals surface area contributed by atoms with Crippen LogP contribution in [0.5, 0.6) is 0 Å². The van der Waals surface area contributed by atoms with E-state index in [2.05, 4.69) is 15.3 Å². The molecule has 1 aromatic rings. The first-order chi connectivity index (χ1) is 10.3. The van der Waals surface area contributed by atoms with E-state index in [1.165, 1.54) is 58.0 Å². The molecule has 21 heavy (non-hydrogen) atoms. The van der Waals surface area contributed by atoms with Crippen LogP contribution >= 0.6 is 0 Å². The van der Waals surface area contributed by atoms with Crippen molar-refractivity contribution < 1.29 is 0 Å². The highest BCUT2D eigenvalue weighted by atomic mass is 15.3. The molecule has 5 nitrogen and oxygen atoms in total. The number of likely N-dealkylation sites (tertiary alicyclic amines) is 1. The molecule has 2 heterocycles. The first-order valence-electron chi connectivity index (χ1n) is 8.18. The molecule has 1 saturated carbocycles. The van der Waals surface area contributed by atoms with Gasteiger partial charge in [-0.25, -0.2) is 0 Å². The van der Waals surface area contributed by atoms with Crippen molar-refractivity contribution in [3.05, 3.63) is 24.0 Å². The van der Waals surface area contributed by atoms with Gasteiger partial charge in [-0.2, -0.15) is 0 Å². The SMILES string of the molecule is NNC(c1cnccc1N)C1(N2CCCCC2)CCCC1. The van der Waals surface area contributed by atoms with Gasteiger partial charge in [0.2, 0.25) is 0 Å². The molecule has 1 aliphatic carbocycles. The fourth-order valence-corrected chi connectivity index (χ4v) is 4.31. The quantitative estimate of drug-likeness (QED) is 0.583. The zero-order valence-electron chi connectivity index (χ0n) is 12.7. The Morgan fingerprint density at radius 3 is 2.48 bits per heavy atom. The number of rotatable bonds is 4. The average molecular weight is 289 g/mol. The summed E-state index contributed by atoms with van der Waals surface area (Å²) in [6.07, 6.45) is 12.5. The lowest BCUT2D eigenvalue weighted by Gasteiger charge is -2.48. The molecule has 3 rings (SSSR count). The Hall–Kier alpha value is -1.17. The van der Waals surface area contributed by atoms with Gasteiger partial charge in [-0.1, -0.05) is 19.3 Å². The van der Waals surface area contributed by atoms with Crippen LogP contribution in [0.25, 0.3) is 0 Å². The van der Waals surface area contributed by atoms with Crippen LogP contribution in [0.15, 0.2) is 18.5 Å². The molecule has 5 N–H and O–H groups in total. The molecular weight excluding hydrogens is 262 g/mol. The van der Waals surface area contributed by atoms with E-state index in [-0.39, 0.29) is 11.6 Å². The van der Waals surface area contributed by atoms with Crippen molar-refractivity contribution in [3.8, 4) is 0 Å². The minimum absolute atomic E-state index is 0.0619. The van der Waals surface area contributed by atoms with Gasteiger partial charge in [0, 0.05) is 29.2 Å². The van der Waals surface area contributed by atoms with Gasteiger partial charge < -0.3 is 5.73 Å². The molecule has 1 atom stereocenters. The number of pyridine rings is 1. The first-order valence-corrected chi connectivity index (χ1v) is 8.18. The number of nitrogens with two attached hydrogens (primary N) is 2. The van der Waals surface area contributed by atoms with Crippen LogP contribution < -0.4 is 17.0 Å². The van der Waals surface area contributed by atoms with Gasteiger partial charge in [0.05, 0.1) is 6.04 Å². The average Bonchev–Trinajstić information content (AvgIpc) is 3.01. The zero-order chi connectivity index (χ0) is 14.7. The van der Waals surface area contributed by atoms with E-state index in [9.17, 15) is 0 Å². The Bertz CT molecular complexity index is 463. The number of aromatic nitrogens is 1. The summed E-state index contributed by atoms with van der Waals surface area (Å²) in [7, 11) is 0. The van der Waals surface area contributed by atoms with Gasteiger partial charge in [-0.05, 0) is 44.8 Å². The number of hydrazine groups is 1. The Balaban J connectivity index is 1.96. The number of nitrogens with zero attached hydrogens (tertiary/aromatic N) is 2. The fourth-order valence-electron chi connectivity index (χ4n) is 4.31. The van der Waals surface area contributed by atoms with Gasteiger partial charge in [0.25, 0.3) is 0 Å². The summed E-state index contributed by atoms with van der Waals surface area (Å²) >= 11 is 0. The lowest BCUT2D eigenvalue weighted by Crippen LogP contribution is -2.57. The van der Waals surface area contributed by atoms with Crippen molar-refractivity contribution in [1.82, 2.24) is 15.3 Å². The van der Waals surface area contributed by atoms with Crippen LogP contribution in [0.4, 0.5) is 5.69 Å². The predicted molar refractivity (Wildman–Crippen MR) is 85.3 cm³/mol. The number of anilines is 1. The van der Waals surface area contributed by atoms with E-state index in [4.69, 9.17) is 11.6 Å².